The first-order chi connectivity index (χ1) is 10.1. The lowest BCUT2D eigenvalue weighted by atomic mass is 10.0. The molecule has 21 heavy (non-hydrogen) atoms. The molecule has 0 aromatic rings. The van der Waals surface area contributed by atoms with Crippen LogP contribution in [0.5, 0.6) is 0 Å². The molecule has 116 valence electrons. The number of nitrogens with two attached hydrogens (primary N) is 1. The van der Waals surface area contributed by atoms with Crippen molar-refractivity contribution in [1.82, 2.24) is 5.32 Å². The van der Waals surface area contributed by atoms with E-state index in [4.69, 9.17) is 5.73 Å². The monoisotopic (exact) mass is 305 g/mol. The van der Waals surface area contributed by atoms with Gasteiger partial charge in [0, 0.05) is 36.4 Å². The van der Waals surface area contributed by atoms with Gasteiger partial charge in [0.15, 0.2) is 0 Å². The van der Waals surface area contributed by atoms with Gasteiger partial charge in [0.05, 0.1) is 6.67 Å². The minimum absolute atomic E-state index is 0.359. The Morgan fingerprint density at radius 2 is 2.29 bits per heavy atom. The van der Waals surface area contributed by atoms with E-state index in [1.165, 1.54) is 16.7 Å². The molecule has 4 heteroatoms. The van der Waals surface area contributed by atoms with Crippen molar-refractivity contribution < 1.29 is 0 Å². The van der Waals surface area contributed by atoms with E-state index in [1.807, 2.05) is 24.2 Å². The summed E-state index contributed by atoms with van der Waals surface area (Å²) in [5.41, 5.74) is 9.36. The van der Waals surface area contributed by atoms with Crippen LogP contribution in [0.25, 0.3) is 0 Å². The molecule has 0 radical (unpaired) electrons. The van der Waals surface area contributed by atoms with Gasteiger partial charge in [0.25, 0.3) is 0 Å². The van der Waals surface area contributed by atoms with Crippen molar-refractivity contribution in [2.24, 2.45) is 16.6 Å². The molecule has 0 aromatic heterocycles. The van der Waals surface area contributed by atoms with Crippen molar-refractivity contribution in [3.05, 3.63) is 47.2 Å². The van der Waals surface area contributed by atoms with Crippen LogP contribution in [0.3, 0.4) is 0 Å². The quantitative estimate of drug-likeness (QED) is 0.605. The lowest BCUT2D eigenvalue weighted by Gasteiger charge is -2.14. The van der Waals surface area contributed by atoms with E-state index < -0.39 is 0 Å². The molecule has 0 aromatic carbocycles. The van der Waals surface area contributed by atoms with Crippen LogP contribution in [-0.4, -0.2) is 30.9 Å². The number of thioether (sulfide) groups is 1. The predicted molar refractivity (Wildman–Crippen MR) is 96.8 cm³/mol. The number of hydrogen-bond donors (Lipinski definition) is 2. The molecule has 1 rings (SSSR count). The average molecular weight is 305 g/mol. The Morgan fingerprint density at radius 3 is 2.90 bits per heavy atom. The highest BCUT2D eigenvalue weighted by Gasteiger charge is 2.17. The van der Waals surface area contributed by atoms with Crippen LogP contribution in [0, 0.1) is 5.92 Å². The van der Waals surface area contributed by atoms with Crippen molar-refractivity contribution >= 4 is 18.0 Å². The first kappa shape index (κ1) is 17.8. The van der Waals surface area contributed by atoms with Gasteiger partial charge in [-0.05, 0) is 31.9 Å². The summed E-state index contributed by atoms with van der Waals surface area (Å²) in [7, 11) is 1.80. The normalized spacial score (nSPS) is 25.2. The molecule has 1 heterocycles. The zero-order chi connectivity index (χ0) is 15.7. The van der Waals surface area contributed by atoms with E-state index in [2.05, 4.69) is 55.4 Å². The number of nitrogens with one attached hydrogen (secondary N) is 1. The lowest BCUT2D eigenvalue weighted by molar-refractivity contribution is 0.845. The van der Waals surface area contributed by atoms with Crippen molar-refractivity contribution in [3.63, 3.8) is 0 Å². The Morgan fingerprint density at radius 1 is 1.52 bits per heavy atom. The molecule has 1 aliphatic heterocycles. The van der Waals surface area contributed by atoms with E-state index in [-0.39, 0.29) is 0 Å². The highest BCUT2D eigenvalue weighted by molar-refractivity contribution is 8.00. The van der Waals surface area contributed by atoms with E-state index in [1.54, 1.807) is 7.05 Å². The second-order valence-electron chi connectivity index (χ2n) is 5.29. The number of allylic oxidation sites excluding steroid dienone is 6. The van der Waals surface area contributed by atoms with Gasteiger partial charge in [-0.15, -0.1) is 0 Å². The average Bonchev–Trinajstić information content (AvgIpc) is 2.63. The van der Waals surface area contributed by atoms with Crippen LogP contribution in [-0.2, 0) is 0 Å². The summed E-state index contributed by atoms with van der Waals surface area (Å²) in [6, 6.07) is 0. The van der Waals surface area contributed by atoms with Gasteiger partial charge in [0.1, 0.15) is 0 Å². The maximum atomic E-state index is 5.51. The molecule has 0 fully saturated rings. The Hall–Kier alpha value is -1.26. The molecule has 1 unspecified atom stereocenters. The molecular formula is C17H27N3S. The molecule has 0 saturated carbocycles. The summed E-state index contributed by atoms with van der Waals surface area (Å²) in [4.78, 5) is 4.15. The molecule has 0 aliphatic carbocycles. The predicted octanol–water partition coefficient (Wildman–Crippen LogP) is 3.28. The fourth-order valence-corrected chi connectivity index (χ4v) is 3.14. The summed E-state index contributed by atoms with van der Waals surface area (Å²) in [6.07, 6.45) is 12.8. The first-order valence-corrected chi connectivity index (χ1v) is 8.34. The smallest absolute Gasteiger partial charge is 0.0622 e. The van der Waals surface area contributed by atoms with Gasteiger partial charge in [-0.2, -0.15) is 11.8 Å². The van der Waals surface area contributed by atoms with Crippen LogP contribution >= 0.6 is 11.8 Å². The Bertz CT molecular complexity index is 468. The maximum Gasteiger partial charge on any atom is 0.0622 e. The standard InChI is InChI=1S/C17H27N3S/c1-13(2)5-6-15-7-8-16(11-21-14(15)3)17(9-19-4)10-20-12-18/h5-10,14,16,20H,11-12,18H2,1-4H3/b15-6-,17-10?,19-9?/t14?,16-/m0/s1. The molecule has 1 aliphatic rings. The van der Waals surface area contributed by atoms with Crippen LogP contribution in [0.2, 0.25) is 0 Å². The molecule has 3 N–H and O–H groups in total. The highest BCUT2D eigenvalue weighted by Crippen LogP contribution is 2.30. The minimum atomic E-state index is 0.359. The molecule has 0 spiro atoms. The zero-order valence-corrected chi connectivity index (χ0v) is 14.3. The number of nitrogens with zero attached hydrogens (tertiary/aromatic N) is 1. The summed E-state index contributed by atoms with van der Waals surface area (Å²) in [5, 5.41) is 3.57. The van der Waals surface area contributed by atoms with Crippen molar-refractivity contribution in [2.45, 2.75) is 26.0 Å². The second-order valence-corrected chi connectivity index (χ2v) is 6.67. The van der Waals surface area contributed by atoms with Gasteiger partial charge in [-0.1, -0.05) is 29.9 Å². The molecule has 0 saturated heterocycles. The third-order valence-electron chi connectivity index (χ3n) is 3.22. The lowest BCUT2D eigenvalue weighted by Crippen LogP contribution is -2.18. The van der Waals surface area contributed by atoms with Gasteiger partial charge in [-0.25, -0.2) is 0 Å². The van der Waals surface area contributed by atoms with E-state index in [0.29, 0.717) is 17.8 Å². The van der Waals surface area contributed by atoms with Crippen LogP contribution in [0.4, 0.5) is 0 Å². The molecule has 3 nitrogen and oxygen atoms in total. The highest BCUT2D eigenvalue weighted by atomic mass is 32.2. The zero-order valence-electron chi connectivity index (χ0n) is 13.5. The SMILES string of the molecule is CN=CC(=CNCN)[C@H]1C=C/C(=C/C=C(C)C)C(C)SC1. The minimum Gasteiger partial charge on any atom is -0.378 e. The van der Waals surface area contributed by atoms with Gasteiger partial charge in [0.2, 0.25) is 0 Å². The third kappa shape index (κ3) is 6.36. The van der Waals surface area contributed by atoms with Crippen LogP contribution in [0.15, 0.2) is 52.2 Å². The third-order valence-corrected chi connectivity index (χ3v) is 4.54. The van der Waals surface area contributed by atoms with Crippen LogP contribution < -0.4 is 11.1 Å². The number of rotatable bonds is 5. The fraction of sp³-hybridized carbons (Fsp3) is 0.471. The van der Waals surface area contributed by atoms with E-state index >= 15 is 0 Å². The first-order valence-electron chi connectivity index (χ1n) is 7.29. The Kier molecular flexibility index (Phi) is 8.16. The van der Waals surface area contributed by atoms with E-state index in [9.17, 15) is 0 Å². The Labute approximate surface area is 133 Å². The largest absolute Gasteiger partial charge is 0.378 e. The summed E-state index contributed by atoms with van der Waals surface area (Å²) < 4.78 is 0. The van der Waals surface area contributed by atoms with E-state index in [0.717, 1.165) is 5.75 Å². The number of aliphatic imine (C=N–C) groups is 1. The fourth-order valence-electron chi connectivity index (χ4n) is 1.99. The van der Waals surface area contributed by atoms with Crippen molar-refractivity contribution in [3.8, 4) is 0 Å². The molecular weight excluding hydrogens is 278 g/mol. The second kappa shape index (κ2) is 9.64. The van der Waals surface area contributed by atoms with Crippen LogP contribution in [0.1, 0.15) is 20.8 Å². The summed E-state index contributed by atoms with van der Waals surface area (Å²) in [5.74, 6) is 1.41. The van der Waals surface area contributed by atoms with Gasteiger partial charge >= 0.3 is 0 Å². The topological polar surface area (TPSA) is 50.4 Å². The van der Waals surface area contributed by atoms with Crippen molar-refractivity contribution in [2.75, 3.05) is 19.5 Å². The molecule has 0 bridgehead atoms. The molecule has 2 atom stereocenters. The Balaban J connectivity index is 2.95. The summed E-state index contributed by atoms with van der Waals surface area (Å²) >= 11 is 1.97. The van der Waals surface area contributed by atoms with Gasteiger partial charge in [-0.3, -0.25) is 4.99 Å². The summed E-state index contributed by atoms with van der Waals surface area (Å²) in [6.45, 7) is 6.94. The van der Waals surface area contributed by atoms with Crippen molar-refractivity contribution in [1.29, 1.82) is 0 Å². The molecule has 0 amide bonds. The number of hydrogen-bond acceptors (Lipinski definition) is 4. The van der Waals surface area contributed by atoms with Gasteiger partial charge < -0.3 is 11.1 Å². The maximum absolute atomic E-state index is 5.51.